The monoisotopic (exact) mass is 187 g/mol. The third-order valence-electron chi connectivity index (χ3n) is 3.15. The molecule has 0 spiro atoms. The van der Waals surface area contributed by atoms with Crippen LogP contribution >= 0.6 is 0 Å². The Labute approximate surface area is 83.3 Å². The third kappa shape index (κ3) is 1.24. The summed E-state index contributed by atoms with van der Waals surface area (Å²) in [4.78, 5) is 8.42. The van der Waals surface area contributed by atoms with Crippen LogP contribution in [-0.2, 0) is 12.8 Å². The molecule has 0 unspecified atom stereocenters. The van der Waals surface area contributed by atoms with Crippen LogP contribution in [0.2, 0.25) is 0 Å². The van der Waals surface area contributed by atoms with Gasteiger partial charge in [-0.15, -0.1) is 0 Å². The lowest BCUT2D eigenvalue weighted by Crippen LogP contribution is -2.43. The molecule has 3 heteroatoms. The van der Waals surface area contributed by atoms with Crippen LogP contribution < -0.4 is 5.32 Å². The molecule has 1 aromatic rings. The van der Waals surface area contributed by atoms with Crippen molar-refractivity contribution in [2.45, 2.75) is 18.9 Å². The van der Waals surface area contributed by atoms with Gasteiger partial charge in [-0.1, -0.05) is 12.2 Å². The van der Waals surface area contributed by atoms with E-state index >= 15 is 0 Å². The van der Waals surface area contributed by atoms with Crippen molar-refractivity contribution in [1.29, 1.82) is 0 Å². The van der Waals surface area contributed by atoms with Gasteiger partial charge in [0.15, 0.2) is 0 Å². The van der Waals surface area contributed by atoms with Gasteiger partial charge in [0.1, 0.15) is 6.33 Å². The molecule has 14 heavy (non-hydrogen) atoms. The topological polar surface area (TPSA) is 37.8 Å². The van der Waals surface area contributed by atoms with Gasteiger partial charge < -0.3 is 5.32 Å². The van der Waals surface area contributed by atoms with Crippen molar-refractivity contribution in [3.05, 3.63) is 35.9 Å². The Bertz CT molecular complexity index is 373. The molecule has 2 aliphatic rings. The summed E-state index contributed by atoms with van der Waals surface area (Å²) in [5.41, 5.74) is 2.55. The van der Waals surface area contributed by atoms with Crippen molar-refractivity contribution in [3.8, 4) is 0 Å². The van der Waals surface area contributed by atoms with Gasteiger partial charge in [0.05, 0.1) is 0 Å². The minimum absolute atomic E-state index is 0.596. The van der Waals surface area contributed by atoms with Crippen LogP contribution in [-0.4, -0.2) is 22.6 Å². The van der Waals surface area contributed by atoms with E-state index < -0.39 is 0 Å². The van der Waals surface area contributed by atoms with Gasteiger partial charge in [-0.3, -0.25) is 0 Å². The van der Waals surface area contributed by atoms with E-state index in [1.807, 2.05) is 6.20 Å². The lowest BCUT2D eigenvalue weighted by molar-refractivity contribution is 0.376. The van der Waals surface area contributed by atoms with Crippen molar-refractivity contribution >= 4 is 0 Å². The highest BCUT2D eigenvalue weighted by Crippen LogP contribution is 2.26. The molecule has 0 bridgehead atoms. The molecule has 72 valence electrons. The summed E-state index contributed by atoms with van der Waals surface area (Å²) in [7, 11) is 0. The van der Waals surface area contributed by atoms with E-state index in [1.54, 1.807) is 6.33 Å². The summed E-state index contributed by atoms with van der Waals surface area (Å²) in [5, 5.41) is 3.52. The van der Waals surface area contributed by atoms with Crippen molar-refractivity contribution in [3.63, 3.8) is 0 Å². The van der Waals surface area contributed by atoms with Crippen molar-refractivity contribution < 1.29 is 0 Å². The van der Waals surface area contributed by atoms with Crippen molar-refractivity contribution in [1.82, 2.24) is 15.3 Å². The number of aromatic nitrogens is 2. The maximum atomic E-state index is 4.34. The maximum Gasteiger partial charge on any atom is 0.115 e. The van der Waals surface area contributed by atoms with Crippen molar-refractivity contribution in [2.75, 3.05) is 6.54 Å². The van der Waals surface area contributed by atoms with Crippen LogP contribution in [0.3, 0.4) is 0 Å². The first-order valence-corrected chi connectivity index (χ1v) is 5.11. The van der Waals surface area contributed by atoms with E-state index in [2.05, 4.69) is 27.4 Å². The zero-order valence-corrected chi connectivity index (χ0v) is 7.98. The van der Waals surface area contributed by atoms with Crippen LogP contribution in [0.1, 0.15) is 11.3 Å². The molecule has 0 amide bonds. The van der Waals surface area contributed by atoms with Crippen LogP contribution in [0.4, 0.5) is 0 Å². The Morgan fingerprint density at radius 3 is 3.36 bits per heavy atom. The highest BCUT2D eigenvalue weighted by atomic mass is 14.9. The Balaban J connectivity index is 1.96. The number of hydrogen-bond acceptors (Lipinski definition) is 3. The van der Waals surface area contributed by atoms with Gasteiger partial charge in [-0.2, -0.15) is 0 Å². The van der Waals surface area contributed by atoms with E-state index in [0.29, 0.717) is 12.0 Å². The molecule has 0 saturated heterocycles. The third-order valence-corrected chi connectivity index (χ3v) is 3.15. The van der Waals surface area contributed by atoms with Gasteiger partial charge in [0.25, 0.3) is 0 Å². The highest BCUT2D eigenvalue weighted by molar-refractivity contribution is 5.25. The largest absolute Gasteiger partial charge is 0.310 e. The molecule has 3 rings (SSSR count). The molecule has 1 aliphatic heterocycles. The number of nitrogens with one attached hydrogen (secondary N) is 1. The fraction of sp³-hybridized carbons (Fsp3) is 0.455. The van der Waals surface area contributed by atoms with Gasteiger partial charge in [0, 0.05) is 24.5 Å². The average molecular weight is 187 g/mol. The van der Waals surface area contributed by atoms with Crippen LogP contribution in [0, 0.1) is 5.92 Å². The number of hydrogen-bond donors (Lipinski definition) is 1. The molecule has 2 atom stereocenters. The van der Waals surface area contributed by atoms with E-state index in [0.717, 1.165) is 19.4 Å². The molecular weight excluding hydrogens is 174 g/mol. The minimum Gasteiger partial charge on any atom is -0.310 e. The number of rotatable bonds is 0. The summed E-state index contributed by atoms with van der Waals surface area (Å²) in [6, 6.07) is 0.596. The molecular formula is C11H13N3. The van der Waals surface area contributed by atoms with Gasteiger partial charge in [0.2, 0.25) is 0 Å². The Morgan fingerprint density at radius 2 is 2.36 bits per heavy atom. The molecule has 1 N–H and O–H groups in total. The Hall–Kier alpha value is -1.22. The molecule has 0 aromatic carbocycles. The molecule has 1 aromatic heterocycles. The smallest absolute Gasteiger partial charge is 0.115 e. The van der Waals surface area contributed by atoms with Crippen molar-refractivity contribution in [2.24, 2.45) is 5.92 Å². The molecule has 2 heterocycles. The predicted molar refractivity (Wildman–Crippen MR) is 53.9 cm³/mol. The zero-order chi connectivity index (χ0) is 9.38. The molecule has 0 saturated carbocycles. The Kier molecular flexibility index (Phi) is 1.84. The normalized spacial score (nSPS) is 29.4. The first-order valence-electron chi connectivity index (χ1n) is 5.11. The number of nitrogens with zero attached hydrogens (tertiary/aromatic N) is 2. The lowest BCUT2D eigenvalue weighted by Gasteiger charge is -2.33. The van der Waals surface area contributed by atoms with E-state index in [-0.39, 0.29) is 0 Å². The van der Waals surface area contributed by atoms with E-state index in [9.17, 15) is 0 Å². The fourth-order valence-electron chi connectivity index (χ4n) is 2.38. The van der Waals surface area contributed by atoms with Crippen LogP contribution in [0.25, 0.3) is 0 Å². The summed E-state index contributed by atoms with van der Waals surface area (Å²) >= 11 is 0. The van der Waals surface area contributed by atoms with Gasteiger partial charge >= 0.3 is 0 Å². The van der Waals surface area contributed by atoms with Gasteiger partial charge in [-0.25, -0.2) is 9.97 Å². The maximum absolute atomic E-state index is 4.34. The quantitative estimate of drug-likeness (QED) is 0.608. The minimum atomic E-state index is 0.596. The summed E-state index contributed by atoms with van der Waals surface area (Å²) in [6.07, 6.45) is 10.3. The van der Waals surface area contributed by atoms with E-state index in [4.69, 9.17) is 0 Å². The lowest BCUT2D eigenvalue weighted by atomic mass is 9.81. The summed E-state index contributed by atoms with van der Waals surface area (Å²) in [5.74, 6) is 0.631. The first kappa shape index (κ1) is 8.12. The molecule has 3 nitrogen and oxygen atoms in total. The van der Waals surface area contributed by atoms with Crippen LogP contribution in [0.5, 0.6) is 0 Å². The SMILES string of the molecule is C1=C[C@H]2Cc3ncncc3C[C@@H]2NC1. The predicted octanol–water partition coefficient (Wildman–Crippen LogP) is 0.719. The molecule has 0 fully saturated rings. The Morgan fingerprint density at radius 1 is 1.36 bits per heavy atom. The second kappa shape index (κ2) is 3.17. The van der Waals surface area contributed by atoms with Gasteiger partial charge in [-0.05, 0) is 24.3 Å². The summed E-state index contributed by atoms with van der Waals surface area (Å²) in [6.45, 7) is 1.00. The average Bonchev–Trinajstić information content (AvgIpc) is 2.26. The van der Waals surface area contributed by atoms with E-state index in [1.165, 1.54) is 11.3 Å². The van der Waals surface area contributed by atoms with Crippen LogP contribution in [0.15, 0.2) is 24.7 Å². The number of fused-ring (bicyclic) bond motifs is 2. The zero-order valence-electron chi connectivity index (χ0n) is 7.98. The molecule has 0 radical (unpaired) electrons. The first-order chi connectivity index (χ1) is 6.93. The standard InChI is InChI=1S/C11H13N3/c1-2-8-4-11-9(6-12-7-14-11)5-10(8)13-3-1/h1-2,6-8,10,13H,3-5H2/t8-,10-/m0/s1. The summed E-state index contributed by atoms with van der Waals surface area (Å²) < 4.78 is 0. The second-order valence-corrected chi connectivity index (χ2v) is 4.01. The second-order valence-electron chi connectivity index (χ2n) is 4.01. The highest BCUT2D eigenvalue weighted by Gasteiger charge is 2.28. The fourth-order valence-corrected chi connectivity index (χ4v) is 2.38. The molecule has 1 aliphatic carbocycles.